The second kappa shape index (κ2) is 5.90. The number of rotatable bonds is 4. The summed E-state index contributed by atoms with van der Waals surface area (Å²) in [5.41, 5.74) is 0.822. The van der Waals surface area contributed by atoms with Gasteiger partial charge in [0.1, 0.15) is 0 Å². The van der Waals surface area contributed by atoms with Crippen LogP contribution in [0.1, 0.15) is 22.2 Å². The number of amides is 1. The molecule has 7 heteroatoms. The number of carbonyl (C=O) groups excluding carboxylic acids is 1. The number of hydrogen-bond acceptors (Lipinski definition) is 5. The van der Waals surface area contributed by atoms with Gasteiger partial charge >= 0.3 is 0 Å². The molecular weight excluding hydrogens is 274 g/mol. The first kappa shape index (κ1) is 12.9. The van der Waals surface area contributed by atoms with Crippen molar-refractivity contribution >= 4 is 29.0 Å². The van der Waals surface area contributed by atoms with Gasteiger partial charge in [0.25, 0.3) is 5.91 Å². The highest BCUT2D eigenvalue weighted by Crippen LogP contribution is 2.21. The highest BCUT2D eigenvalue weighted by atomic mass is 35.5. The quantitative estimate of drug-likeness (QED) is 0.895. The molecule has 0 saturated carbocycles. The molecule has 1 amide bonds. The number of benzene rings is 1. The van der Waals surface area contributed by atoms with Crippen molar-refractivity contribution in [2.75, 3.05) is 6.54 Å². The summed E-state index contributed by atoms with van der Waals surface area (Å²) in [7, 11) is 0. The van der Waals surface area contributed by atoms with Crippen molar-refractivity contribution < 1.29 is 9.90 Å². The van der Waals surface area contributed by atoms with Gasteiger partial charge in [0.2, 0.25) is 0 Å². The number of hydrogen-bond donors (Lipinski definition) is 2. The molecule has 0 fully saturated rings. The van der Waals surface area contributed by atoms with Crippen LogP contribution in [0, 0.1) is 0 Å². The molecule has 2 rings (SSSR count). The van der Waals surface area contributed by atoms with E-state index in [4.69, 9.17) is 11.6 Å². The van der Waals surface area contributed by atoms with E-state index in [1.807, 2.05) is 0 Å². The highest BCUT2D eigenvalue weighted by Gasteiger charge is 2.14. The molecule has 2 N–H and O–H groups in total. The SMILES string of the molecule is O=C(NCC(O)c1ccccc1Cl)c1csnn1. The predicted octanol–water partition coefficient (Wildman–Crippen LogP) is 1.65. The van der Waals surface area contributed by atoms with E-state index in [1.54, 1.807) is 24.3 Å². The Morgan fingerprint density at radius 3 is 2.94 bits per heavy atom. The van der Waals surface area contributed by atoms with Crippen molar-refractivity contribution in [2.24, 2.45) is 0 Å². The standard InChI is InChI=1S/C11H10ClN3O2S/c12-8-4-2-1-3-7(8)10(16)5-13-11(17)9-6-18-15-14-9/h1-4,6,10,16H,5H2,(H,13,17). The average Bonchev–Trinajstić information content (AvgIpc) is 2.90. The molecule has 0 spiro atoms. The van der Waals surface area contributed by atoms with Gasteiger partial charge in [-0.1, -0.05) is 34.3 Å². The molecule has 94 valence electrons. The molecule has 5 nitrogen and oxygen atoms in total. The molecule has 0 aliphatic heterocycles. The third-order valence-electron chi connectivity index (χ3n) is 2.31. The maximum absolute atomic E-state index is 11.6. The minimum absolute atomic E-state index is 0.0695. The third-order valence-corrected chi connectivity index (χ3v) is 3.16. The second-order valence-corrected chi connectivity index (χ2v) is 4.55. The molecule has 1 heterocycles. The van der Waals surface area contributed by atoms with Crippen LogP contribution in [0.4, 0.5) is 0 Å². The van der Waals surface area contributed by atoms with Gasteiger partial charge in [-0.2, -0.15) is 0 Å². The highest BCUT2D eigenvalue weighted by molar-refractivity contribution is 7.03. The zero-order chi connectivity index (χ0) is 13.0. The van der Waals surface area contributed by atoms with E-state index < -0.39 is 6.10 Å². The molecule has 0 radical (unpaired) electrons. The van der Waals surface area contributed by atoms with Crippen molar-refractivity contribution in [3.63, 3.8) is 0 Å². The van der Waals surface area contributed by atoms with Crippen molar-refractivity contribution in [2.45, 2.75) is 6.10 Å². The lowest BCUT2D eigenvalue weighted by molar-refractivity contribution is 0.0911. The molecule has 1 unspecified atom stereocenters. The Bertz CT molecular complexity index is 533. The fourth-order valence-electron chi connectivity index (χ4n) is 1.40. The molecule has 18 heavy (non-hydrogen) atoms. The summed E-state index contributed by atoms with van der Waals surface area (Å²) in [6.07, 6.45) is -0.853. The summed E-state index contributed by atoms with van der Waals surface area (Å²) in [5.74, 6) is -0.366. The van der Waals surface area contributed by atoms with Crippen LogP contribution in [-0.2, 0) is 0 Å². The van der Waals surface area contributed by atoms with Gasteiger partial charge in [0.15, 0.2) is 5.69 Å². The molecule has 1 aromatic carbocycles. The molecule has 1 atom stereocenters. The number of aromatic nitrogens is 2. The van der Waals surface area contributed by atoms with Crippen LogP contribution in [0.3, 0.4) is 0 Å². The largest absolute Gasteiger partial charge is 0.387 e. The molecule has 2 aromatic rings. The fraction of sp³-hybridized carbons (Fsp3) is 0.182. The Kier molecular flexibility index (Phi) is 4.24. The normalized spacial score (nSPS) is 12.1. The fourth-order valence-corrected chi connectivity index (χ4v) is 2.10. The number of aliphatic hydroxyl groups excluding tert-OH is 1. The number of halogens is 1. The van der Waals surface area contributed by atoms with Crippen LogP contribution in [0.15, 0.2) is 29.6 Å². The molecule has 1 aromatic heterocycles. The molecule has 0 aliphatic rings. The van der Waals surface area contributed by atoms with Gasteiger partial charge in [-0.25, -0.2) is 0 Å². The zero-order valence-corrected chi connectivity index (χ0v) is 10.8. The van der Waals surface area contributed by atoms with Crippen LogP contribution in [0.25, 0.3) is 0 Å². The Labute approximate surface area is 113 Å². The van der Waals surface area contributed by atoms with Crippen LogP contribution in [0.5, 0.6) is 0 Å². The third kappa shape index (κ3) is 3.04. The lowest BCUT2D eigenvalue weighted by Crippen LogP contribution is -2.28. The summed E-state index contributed by atoms with van der Waals surface area (Å²) in [4.78, 5) is 11.6. The van der Waals surface area contributed by atoms with Gasteiger partial charge in [-0.15, -0.1) is 5.10 Å². The summed E-state index contributed by atoms with van der Waals surface area (Å²) < 4.78 is 3.59. The lowest BCUT2D eigenvalue weighted by Gasteiger charge is -2.12. The first-order chi connectivity index (χ1) is 8.68. The van der Waals surface area contributed by atoms with Gasteiger partial charge in [0, 0.05) is 22.5 Å². The van der Waals surface area contributed by atoms with E-state index in [9.17, 15) is 9.90 Å². The van der Waals surface area contributed by atoms with E-state index >= 15 is 0 Å². The summed E-state index contributed by atoms with van der Waals surface area (Å²) in [5, 5.41) is 18.1. The van der Waals surface area contributed by atoms with Crippen LogP contribution in [0.2, 0.25) is 5.02 Å². The average molecular weight is 284 g/mol. The topological polar surface area (TPSA) is 75.1 Å². The van der Waals surface area contributed by atoms with E-state index in [1.165, 1.54) is 5.38 Å². The number of aliphatic hydroxyl groups is 1. The van der Waals surface area contributed by atoms with E-state index in [-0.39, 0.29) is 18.1 Å². The number of carbonyl (C=O) groups is 1. The summed E-state index contributed by atoms with van der Waals surface area (Å²) in [6, 6.07) is 6.95. The number of nitrogens with zero attached hydrogens (tertiary/aromatic N) is 2. The Morgan fingerprint density at radius 2 is 2.28 bits per heavy atom. The van der Waals surface area contributed by atoms with Crippen LogP contribution in [-0.4, -0.2) is 27.1 Å². The first-order valence-electron chi connectivity index (χ1n) is 5.16. The van der Waals surface area contributed by atoms with Crippen LogP contribution < -0.4 is 5.32 Å². The van der Waals surface area contributed by atoms with E-state index in [0.29, 0.717) is 10.6 Å². The minimum Gasteiger partial charge on any atom is -0.387 e. The van der Waals surface area contributed by atoms with Crippen LogP contribution >= 0.6 is 23.1 Å². The summed E-state index contributed by atoms with van der Waals surface area (Å²) >= 11 is 7.04. The Hall–Kier alpha value is -1.50. The first-order valence-corrected chi connectivity index (χ1v) is 6.37. The van der Waals surface area contributed by atoms with Crippen molar-refractivity contribution in [3.05, 3.63) is 45.9 Å². The predicted molar refractivity (Wildman–Crippen MR) is 68.7 cm³/mol. The van der Waals surface area contributed by atoms with Crippen molar-refractivity contribution in [1.29, 1.82) is 0 Å². The molecule has 0 aliphatic carbocycles. The zero-order valence-electron chi connectivity index (χ0n) is 9.21. The maximum atomic E-state index is 11.6. The molecular formula is C11H10ClN3O2S. The number of nitrogens with one attached hydrogen (secondary N) is 1. The van der Waals surface area contributed by atoms with Gasteiger partial charge in [-0.05, 0) is 17.6 Å². The van der Waals surface area contributed by atoms with Gasteiger partial charge in [-0.3, -0.25) is 4.79 Å². The minimum atomic E-state index is -0.853. The second-order valence-electron chi connectivity index (χ2n) is 3.54. The Morgan fingerprint density at radius 1 is 1.50 bits per heavy atom. The van der Waals surface area contributed by atoms with Crippen molar-refractivity contribution in [1.82, 2.24) is 14.9 Å². The molecule has 0 bridgehead atoms. The van der Waals surface area contributed by atoms with Gasteiger partial charge < -0.3 is 10.4 Å². The molecule has 0 saturated heterocycles. The lowest BCUT2D eigenvalue weighted by atomic mass is 10.1. The maximum Gasteiger partial charge on any atom is 0.272 e. The van der Waals surface area contributed by atoms with E-state index in [2.05, 4.69) is 14.9 Å². The Balaban J connectivity index is 1.95. The van der Waals surface area contributed by atoms with Crippen molar-refractivity contribution in [3.8, 4) is 0 Å². The summed E-state index contributed by atoms with van der Waals surface area (Å²) in [6.45, 7) is 0.0695. The smallest absolute Gasteiger partial charge is 0.272 e. The monoisotopic (exact) mass is 283 g/mol. The van der Waals surface area contributed by atoms with Gasteiger partial charge in [0.05, 0.1) is 6.10 Å². The van der Waals surface area contributed by atoms with E-state index in [0.717, 1.165) is 11.5 Å².